The van der Waals surface area contributed by atoms with Crippen molar-refractivity contribution in [3.8, 4) is 28.0 Å². The molecule has 7 nitrogen and oxygen atoms in total. The van der Waals surface area contributed by atoms with Gasteiger partial charge in [0, 0.05) is 62.1 Å². The molecule has 2 N–H and O–H groups in total. The minimum atomic E-state index is -0.553. The van der Waals surface area contributed by atoms with Crippen LogP contribution in [0, 0.1) is 11.9 Å². The molecule has 42 heavy (non-hydrogen) atoms. The van der Waals surface area contributed by atoms with Crippen LogP contribution in [0.25, 0.3) is 22.3 Å². The molecule has 1 aliphatic carbocycles. The van der Waals surface area contributed by atoms with E-state index >= 15 is 4.39 Å². The van der Waals surface area contributed by atoms with Crippen molar-refractivity contribution in [3.05, 3.63) is 77.3 Å². The number of ether oxygens (including phenoxy) is 1. The van der Waals surface area contributed by atoms with Gasteiger partial charge in [0.15, 0.2) is 0 Å². The normalized spacial score (nSPS) is 18.5. The van der Waals surface area contributed by atoms with E-state index in [1.807, 2.05) is 41.3 Å². The van der Waals surface area contributed by atoms with Crippen LogP contribution in [-0.4, -0.2) is 54.0 Å². The number of likely N-dealkylation sites (tertiary alicyclic amines) is 1. The van der Waals surface area contributed by atoms with E-state index in [1.54, 1.807) is 0 Å². The summed E-state index contributed by atoms with van der Waals surface area (Å²) in [7, 11) is 0. The number of halogens is 1. The van der Waals surface area contributed by atoms with Gasteiger partial charge in [0.25, 0.3) is 5.91 Å². The Morgan fingerprint density at radius 1 is 0.976 bits per heavy atom. The minimum absolute atomic E-state index is 0.0565. The van der Waals surface area contributed by atoms with E-state index in [-0.39, 0.29) is 17.9 Å². The topological polar surface area (TPSA) is 83.6 Å². The second kappa shape index (κ2) is 10.9. The molecule has 0 atom stereocenters. The van der Waals surface area contributed by atoms with Crippen LogP contribution in [0.1, 0.15) is 53.6 Å². The predicted molar refractivity (Wildman–Crippen MR) is 160 cm³/mol. The lowest BCUT2D eigenvalue weighted by Gasteiger charge is -2.32. The molecule has 3 aromatic rings. The van der Waals surface area contributed by atoms with Gasteiger partial charge in [0.05, 0.1) is 0 Å². The zero-order valence-corrected chi connectivity index (χ0v) is 23.7. The smallest absolute Gasteiger partial charge is 0.251 e. The number of carbonyl (C=O) groups is 2. The number of pyridine rings is 1. The summed E-state index contributed by atoms with van der Waals surface area (Å²) in [5.74, 6) is 1.48. The maximum Gasteiger partial charge on any atom is 0.251 e. The van der Waals surface area contributed by atoms with Gasteiger partial charge in [0.2, 0.25) is 11.9 Å². The number of rotatable bonds is 5. The van der Waals surface area contributed by atoms with Gasteiger partial charge < -0.3 is 20.3 Å². The average molecular weight is 567 g/mol. The van der Waals surface area contributed by atoms with Gasteiger partial charge in [-0.25, -0.2) is 4.98 Å². The largest absolute Gasteiger partial charge is 0.490 e. The fraction of sp³-hybridized carbons (Fsp3) is 0.382. The summed E-state index contributed by atoms with van der Waals surface area (Å²) < 4.78 is 21.7. The second-order valence-electron chi connectivity index (χ2n) is 12.0. The van der Waals surface area contributed by atoms with Gasteiger partial charge in [-0.2, -0.15) is 4.39 Å². The highest BCUT2D eigenvalue weighted by Crippen LogP contribution is 2.39. The molecule has 1 saturated heterocycles. The molecule has 8 heteroatoms. The molecule has 7 rings (SSSR count). The second-order valence-corrected chi connectivity index (χ2v) is 12.0. The maximum atomic E-state index is 15.5. The fourth-order valence-electron chi connectivity index (χ4n) is 6.31. The molecule has 2 fully saturated rings. The molecule has 0 radical (unpaired) electrons. The molecular formula is C34H35FN4O3. The van der Waals surface area contributed by atoms with Crippen LogP contribution in [0.15, 0.2) is 54.6 Å². The number of benzene rings is 2. The number of piperidine rings is 1. The lowest BCUT2D eigenvalue weighted by atomic mass is 9.87. The lowest BCUT2D eigenvalue weighted by molar-refractivity contribution is -0.133. The van der Waals surface area contributed by atoms with E-state index < -0.39 is 5.95 Å². The van der Waals surface area contributed by atoms with Crippen molar-refractivity contribution in [3.63, 3.8) is 0 Å². The molecule has 4 aliphatic rings. The van der Waals surface area contributed by atoms with Gasteiger partial charge in [0.1, 0.15) is 17.7 Å². The average Bonchev–Trinajstić information content (AvgIpc) is 3.81. The van der Waals surface area contributed by atoms with Crippen LogP contribution in [0.2, 0.25) is 0 Å². The van der Waals surface area contributed by atoms with Crippen LogP contribution >= 0.6 is 0 Å². The standard InChI is InChI=1S/C34H35FN4O3/c1-20-14-24-17-29-23(8-11-36-34(29)41)16-27(24)30-18-28(32(35)38-33(30)37-19-20)22-4-6-25(7-5-22)42-26-9-12-39(13-10-26)31(40)15-21-2-3-21/h4-7,16-18,21,26H,1-3,8-15,19H2,(H,36,41)(H,37,38). The molecule has 0 spiro atoms. The number of hydrogen-bond donors (Lipinski definition) is 2. The summed E-state index contributed by atoms with van der Waals surface area (Å²) in [6.07, 6.45) is 6.12. The summed E-state index contributed by atoms with van der Waals surface area (Å²) in [4.78, 5) is 31.3. The van der Waals surface area contributed by atoms with Crippen molar-refractivity contribution in [2.45, 2.75) is 51.0 Å². The molecule has 216 valence electrons. The molecule has 4 heterocycles. The fourth-order valence-corrected chi connectivity index (χ4v) is 6.31. The summed E-state index contributed by atoms with van der Waals surface area (Å²) >= 11 is 0. The van der Waals surface area contributed by atoms with Crippen molar-refractivity contribution in [1.82, 2.24) is 15.2 Å². The number of nitrogens with one attached hydrogen (secondary N) is 2. The summed E-state index contributed by atoms with van der Waals surface area (Å²) in [5, 5.41) is 6.19. The van der Waals surface area contributed by atoms with Gasteiger partial charge in [-0.3, -0.25) is 9.59 Å². The Hall–Kier alpha value is -4.20. The van der Waals surface area contributed by atoms with Crippen molar-refractivity contribution in [1.29, 1.82) is 0 Å². The van der Waals surface area contributed by atoms with Crippen LogP contribution in [0.3, 0.4) is 0 Å². The van der Waals surface area contributed by atoms with Crippen LogP contribution < -0.4 is 15.4 Å². The first-order valence-corrected chi connectivity index (χ1v) is 15.0. The molecule has 2 aromatic carbocycles. The Kier molecular flexibility index (Phi) is 6.92. The first-order chi connectivity index (χ1) is 20.4. The summed E-state index contributed by atoms with van der Waals surface area (Å²) in [6.45, 7) is 6.70. The Morgan fingerprint density at radius 3 is 2.50 bits per heavy atom. The number of nitrogens with zero attached hydrogens (tertiary/aromatic N) is 2. The predicted octanol–water partition coefficient (Wildman–Crippen LogP) is 5.53. The zero-order chi connectivity index (χ0) is 28.8. The Morgan fingerprint density at radius 2 is 1.74 bits per heavy atom. The van der Waals surface area contributed by atoms with Crippen molar-refractivity contribution < 1.29 is 18.7 Å². The summed E-state index contributed by atoms with van der Waals surface area (Å²) in [5.41, 5.74) is 6.49. The van der Waals surface area contributed by atoms with E-state index in [0.717, 1.165) is 65.9 Å². The van der Waals surface area contributed by atoms with Crippen LogP contribution in [0.4, 0.5) is 10.2 Å². The van der Waals surface area contributed by atoms with Crippen molar-refractivity contribution in [2.75, 3.05) is 31.5 Å². The molecule has 1 aromatic heterocycles. The third-order valence-corrected chi connectivity index (χ3v) is 8.89. The molecule has 0 bridgehead atoms. The highest BCUT2D eigenvalue weighted by atomic mass is 19.1. The van der Waals surface area contributed by atoms with E-state index in [1.165, 1.54) is 12.8 Å². The zero-order valence-electron chi connectivity index (χ0n) is 23.7. The van der Waals surface area contributed by atoms with E-state index in [4.69, 9.17) is 4.74 Å². The molecule has 2 amide bonds. The third kappa shape index (κ3) is 5.38. The summed E-state index contributed by atoms with van der Waals surface area (Å²) in [6, 6.07) is 13.4. The lowest BCUT2D eigenvalue weighted by Crippen LogP contribution is -2.41. The number of carbonyl (C=O) groups excluding carboxylic acids is 2. The number of fused-ring (bicyclic) bond motifs is 4. The van der Waals surface area contributed by atoms with Gasteiger partial charge in [-0.05, 0) is 84.2 Å². The molecule has 0 unspecified atom stereocenters. The Balaban J connectivity index is 1.12. The SMILES string of the molecule is C=C1CNc2nc(F)c(-c3ccc(OC4CCN(C(=O)CC5CC5)CC4)cc3)cc2-c2cc3c(cc2C1)C(=O)NCC3. The monoisotopic (exact) mass is 566 g/mol. The Bertz CT molecular complexity index is 1570. The van der Waals surface area contributed by atoms with E-state index in [0.29, 0.717) is 54.4 Å². The van der Waals surface area contributed by atoms with Crippen LogP contribution in [0.5, 0.6) is 5.75 Å². The maximum absolute atomic E-state index is 15.5. The van der Waals surface area contributed by atoms with E-state index in [9.17, 15) is 9.59 Å². The van der Waals surface area contributed by atoms with Gasteiger partial charge in [-0.1, -0.05) is 24.3 Å². The Labute approximate surface area is 245 Å². The third-order valence-electron chi connectivity index (χ3n) is 8.89. The minimum Gasteiger partial charge on any atom is -0.490 e. The van der Waals surface area contributed by atoms with Crippen molar-refractivity contribution >= 4 is 17.6 Å². The highest BCUT2D eigenvalue weighted by molar-refractivity contribution is 5.98. The van der Waals surface area contributed by atoms with Gasteiger partial charge in [-0.15, -0.1) is 0 Å². The number of aromatic nitrogens is 1. The molecular weight excluding hydrogens is 531 g/mol. The highest BCUT2D eigenvalue weighted by Gasteiger charge is 2.30. The number of anilines is 1. The van der Waals surface area contributed by atoms with Crippen molar-refractivity contribution in [2.24, 2.45) is 5.92 Å². The number of amides is 2. The first-order valence-electron chi connectivity index (χ1n) is 15.0. The van der Waals surface area contributed by atoms with Gasteiger partial charge >= 0.3 is 0 Å². The quantitative estimate of drug-likeness (QED) is 0.313. The molecule has 1 saturated carbocycles. The van der Waals surface area contributed by atoms with E-state index in [2.05, 4.69) is 28.3 Å². The van der Waals surface area contributed by atoms with Crippen LogP contribution in [-0.2, 0) is 17.6 Å². The number of hydrogen-bond acceptors (Lipinski definition) is 5. The molecule has 3 aliphatic heterocycles. The first kappa shape index (κ1) is 26.7.